The van der Waals surface area contributed by atoms with E-state index in [1.54, 1.807) is 17.4 Å². The zero-order valence-electron chi connectivity index (χ0n) is 14.4. The molecule has 0 aliphatic heterocycles. The number of rotatable bonds is 8. The van der Waals surface area contributed by atoms with Gasteiger partial charge in [-0.1, -0.05) is 36.4 Å². The van der Waals surface area contributed by atoms with Gasteiger partial charge in [0, 0.05) is 19.0 Å². The Morgan fingerprint density at radius 2 is 1.92 bits per heavy atom. The molecule has 26 heavy (non-hydrogen) atoms. The number of thiophene rings is 1. The highest BCUT2D eigenvalue weighted by Gasteiger charge is 2.05. The Bertz CT molecular complexity index is 889. The van der Waals surface area contributed by atoms with Gasteiger partial charge in [-0.15, -0.1) is 11.3 Å². The molecule has 0 saturated carbocycles. The predicted octanol–water partition coefficient (Wildman–Crippen LogP) is 3.11. The van der Waals surface area contributed by atoms with E-state index in [1.807, 2.05) is 35.7 Å². The standard InChI is InChI=1S/C20H21N3O2S/c24-19(10-4-8-16-6-2-1-3-7-16)21-13-14-23-20(25)12-11-17(22-23)18-9-5-15-26-18/h1-3,5-7,9,11-12,15H,4,8,10,13-14H2,(H,21,24). The minimum absolute atomic E-state index is 0.00314. The van der Waals surface area contributed by atoms with Gasteiger partial charge in [0.25, 0.3) is 5.56 Å². The van der Waals surface area contributed by atoms with E-state index in [4.69, 9.17) is 0 Å². The first kappa shape index (κ1) is 18.1. The van der Waals surface area contributed by atoms with E-state index < -0.39 is 0 Å². The highest BCUT2D eigenvalue weighted by Crippen LogP contribution is 2.20. The van der Waals surface area contributed by atoms with Gasteiger partial charge in [-0.05, 0) is 35.9 Å². The number of hydrogen-bond donors (Lipinski definition) is 1. The summed E-state index contributed by atoms with van der Waals surface area (Å²) in [5.41, 5.74) is 1.85. The molecule has 6 heteroatoms. The number of carbonyl (C=O) groups excluding carboxylic acids is 1. The lowest BCUT2D eigenvalue weighted by atomic mass is 10.1. The molecule has 134 valence electrons. The van der Waals surface area contributed by atoms with Gasteiger partial charge in [-0.2, -0.15) is 5.10 Å². The van der Waals surface area contributed by atoms with Crippen molar-refractivity contribution in [2.45, 2.75) is 25.8 Å². The maximum absolute atomic E-state index is 11.9. The van der Waals surface area contributed by atoms with Crippen LogP contribution in [0, 0.1) is 0 Å². The van der Waals surface area contributed by atoms with Crippen LogP contribution in [0.25, 0.3) is 10.6 Å². The molecule has 0 atom stereocenters. The Hall–Kier alpha value is -2.73. The van der Waals surface area contributed by atoms with Crippen LogP contribution in [0.1, 0.15) is 18.4 Å². The van der Waals surface area contributed by atoms with Crippen molar-refractivity contribution in [3.8, 4) is 10.6 Å². The van der Waals surface area contributed by atoms with Gasteiger partial charge in [-0.25, -0.2) is 4.68 Å². The van der Waals surface area contributed by atoms with Crippen molar-refractivity contribution in [3.63, 3.8) is 0 Å². The highest BCUT2D eigenvalue weighted by molar-refractivity contribution is 7.13. The molecular formula is C20H21N3O2S. The monoisotopic (exact) mass is 367 g/mol. The lowest BCUT2D eigenvalue weighted by Crippen LogP contribution is -2.31. The number of amides is 1. The second kappa shape index (κ2) is 9.10. The third kappa shape index (κ3) is 5.13. The van der Waals surface area contributed by atoms with Gasteiger partial charge in [0.15, 0.2) is 0 Å². The largest absolute Gasteiger partial charge is 0.354 e. The smallest absolute Gasteiger partial charge is 0.266 e. The van der Waals surface area contributed by atoms with Gasteiger partial charge in [-0.3, -0.25) is 9.59 Å². The van der Waals surface area contributed by atoms with E-state index in [0.717, 1.165) is 23.4 Å². The second-order valence-corrected chi connectivity index (χ2v) is 6.89. The molecular weight excluding hydrogens is 346 g/mol. The van der Waals surface area contributed by atoms with E-state index in [1.165, 1.54) is 16.3 Å². The molecule has 0 fully saturated rings. The number of hydrogen-bond acceptors (Lipinski definition) is 4. The Labute approximate surface area is 156 Å². The number of nitrogens with one attached hydrogen (secondary N) is 1. The summed E-state index contributed by atoms with van der Waals surface area (Å²) >= 11 is 1.58. The molecule has 1 aromatic carbocycles. The zero-order chi connectivity index (χ0) is 18.2. The summed E-state index contributed by atoms with van der Waals surface area (Å²) in [7, 11) is 0. The number of carbonyl (C=O) groups is 1. The minimum atomic E-state index is -0.163. The average Bonchev–Trinajstić information content (AvgIpc) is 3.19. The van der Waals surface area contributed by atoms with Crippen LogP contribution in [0.5, 0.6) is 0 Å². The van der Waals surface area contributed by atoms with Crippen molar-refractivity contribution in [1.29, 1.82) is 0 Å². The Kier molecular flexibility index (Phi) is 6.33. The maximum Gasteiger partial charge on any atom is 0.266 e. The molecule has 2 aromatic heterocycles. The van der Waals surface area contributed by atoms with Crippen LogP contribution < -0.4 is 10.9 Å². The summed E-state index contributed by atoms with van der Waals surface area (Å²) < 4.78 is 1.40. The van der Waals surface area contributed by atoms with Crippen molar-refractivity contribution in [3.05, 3.63) is 75.9 Å². The summed E-state index contributed by atoms with van der Waals surface area (Å²) in [6, 6.07) is 17.3. The van der Waals surface area contributed by atoms with Crippen LogP contribution in [0.3, 0.4) is 0 Å². The number of aryl methyl sites for hydroxylation is 1. The first-order valence-corrected chi connectivity index (χ1v) is 9.53. The van der Waals surface area contributed by atoms with Crippen LogP contribution in [0.4, 0.5) is 0 Å². The molecule has 3 aromatic rings. The Morgan fingerprint density at radius 3 is 2.69 bits per heavy atom. The van der Waals surface area contributed by atoms with E-state index in [0.29, 0.717) is 19.5 Å². The normalized spacial score (nSPS) is 10.6. The highest BCUT2D eigenvalue weighted by atomic mass is 32.1. The maximum atomic E-state index is 11.9. The van der Waals surface area contributed by atoms with Crippen LogP contribution in [0.15, 0.2) is 64.8 Å². The lowest BCUT2D eigenvalue weighted by molar-refractivity contribution is -0.121. The fourth-order valence-electron chi connectivity index (χ4n) is 2.65. The molecule has 2 heterocycles. The predicted molar refractivity (Wildman–Crippen MR) is 104 cm³/mol. The van der Waals surface area contributed by atoms with E-state index >= 15 is 0 Å². The van der Waals surface area contributed by atoms with E-state index in [9.17, 15) is 9.59 Å². The van der Waals surface area contributed by atoms with Gasteiger partial charge < -0.3 is 5.32 Å². The summed E-state index contributed by atoms with van der Waals surface area (Å²) in [4.78, 5) is 24.9. The van der Waals surface area contributed by atoms with Crippen molar-refractivity contribution < 1.29 is 4.79 Å². The topological polar surface area (TPSA) is 64.0 Å². The molecule has 1 N–H and O–H groups in total. The molecule has 0 saturated heterocycles. The Balaban J connectivity index is 1.45. The zero-order valence-corrected chi connectivity index (χ0v) is 15.2. The van der Waals surface area contributed by atoms with E-state index in [2.05, 4.69) is 22.5 Å². The summed E-state index contributed by atoms with van der Waals surface area (Å²) in [5.74, 6) is 0.00314. The SMILES string of the molecule is O=C(CCCc1ccccc1)NCCn1nc(-c2cccs2)ccc1=O. The lowest BCUT2D eigenvalue weighted by Gasteiger charge is -2.08. The fourth-order valence-corrected chi connectivity index (χ4v) is 3.34. The Morgan fingerprint density at radius 1 is 1.08 bits per heavy atom. The van der Waals surface area contributed by atoms with Crippen molar-refractivity contribution in [2.75, 3.05) is 6.54 Å². The van der Waals surface area contributed by atoms with Crippen molar-refractivity contribution in [2.24, 2.45) is 0 Å². The van der Waals surface area contributed by atoms with Gasteiger partial charge in [0.05, 0.1) is 11.4 Å². The van der Waals surface area contributed by atoms with Crippen LogP contribution in [0.2, 0.25) is 0 Å². The molecule has 0 unspecified atom stereocenters. The first-order chi connectivity index (χ1) is 12.7. The first-order valence-electron chi connectivity index (χ1n) is 8.65. The van der Waals surface area contributed by atoms with E-state index in [-0.39, 0.29) is 11.5 Å². The van der Waals surface area contributed by atoms with Crippen molar-refractivity contribution in [1.82, 2.24) is 15.1 Å². The van der Waals surface area contributed by atoms with Crippen LogP contribution >= 0.6 is 11.3 Å². The summed E-state index contributed by atoms with van der Waals surface area (Å²) in [6.45, 7) is 0.757. The van der Waals surface area contributed by atoms with Crippen LogP contribution in [-0.2, 0) is 17.8 Å². The fraction of sp³-hybridized carbons (Fsp3) is 0.250. The molecule has 5 nitrogen and oxygen atoms in total. The molecule has 0 radical (unpaired) electrons. The van der Waals surface area contributed by atoms with Gasteiger partial charge >= 0.3 is 0 Å². The quantitative estimate of drug-likeness (QED) is 0.665. The molecule has 0 bridgehead atoms. The third-order valence-electron chi connectivity index (χ3n) is 4.00. The third-order valence-corrected chi connectivity index (χ3v) is 4.89. The number of benzene rings is 1. The second-order valence-electron chi connectivity index (χ2n) is 5.95. The number of nitrogens with zero attached hydrogens (tertiary/aromatic N) is 2. The van der Waals surface area contributed by atoms with Gasteiger partial charge in [0.2, 0.25) is 5.91 Å². The molecule has 0 aliphatic rings. The molecule has 0 spiro atoms. The molecule has 0 aliphatic carbocycles. The minimum Gasteiger partial charge on any atom is -0.354 e. The van der Waals surface area contributed by atoms with Gasteiger partial charge in [0.1, 0.15) is 5.69 Å². The molecule has 1 amide bonds. The average molecular weight is 367 g/mol. The summed E-state index contributed by atoms with van der Waals surface area (Å²) in [6.07, 6.45) is 2.17. The van der Waals surface area contributed by atoms with Crippen LogP contribution in [-0.4, -0.2) is 22.2 Å². The summed E-state index contributed by atoms with van der Waals surface area (Å²) in [5, 5.41) is 9.21. The molecule has 3 rings (SSSR count). The number of aromatic nitrogens is 2. The van der Waals surface area contributed by atoms with Crippen molar-refractivity contribution >= 4 is 17.2 Å².